The van der Waals surface area contributed by atoms with Crippen molar-refractivity contribution >= 4 is 5.91 Å². The molecule has 0 radical (unpaired) electrons. The smallest absolute Gasteiger partial charge is 0.237 e. The minimum atomic E-state index is -0.00479. The fraction of sp³-hybridized carbons (Fsp3) is 0.588. The Balaban J connectivity index is 1.37. The van der Waals surface area contributed by atoms with E-state index >= 15 is 0 Å². The summed E-state index contributed by atoms with van der Waals surface area (Å²) in [5, 5.41) is 6.48. The summed E-state index contributed by atoms with van der Waals surface area (Å²) in [6.07, 6.45) is 6.12. The molecule has 1 amide bonds. The van der Waals surface area contributed by atoms with Gasteiger partial charge in [0.1, 0.15) is 12.4 Å². The molecule has 1 saturated carbocycles. The maximum atomic E-state index is 12.2. The van der Waals surface area contributed by atoms with Gasteiger partial charge in [-0.3, -0.25) is 4.79 Å². The van der Waals surface area contributed by atoms with Crippen molar-refractivity contribution in [3.63, 3.8) is 0 Å². The molecule has 2 fully saturated rings. The molecule has 1 aliphatic heterocycles. The quantitative estimate of drug-likeness (QED) is 0.816. The number of amides is 1. The molecule has 3 atom stereocenters. The largest absolute Gasteiger partial charge is 0.492 e. The van der Waals surface area contributed by atoms with Gasteiger partial charge >= 0.3 is 0 Å². The van der Waals surface area contributed by atoms with Crippen LogP contribution in [-0.4, -0.2) is 31.1 Å². The monoisotopic (exact) mass is 288 g/mol. The van der Waals surface area contributed by atoms with Crippen molar-refractivity contribution in [3.8, 4) is 5.75 Å². The van der Waals surface area contributed by atoms with Crippen LogP contribution in [0.1, 0.15) is 32.1 Å². The zero-order chi connectivity index (χ0) is 14.5. The van der Waals surface area contributed by atoms with E-state index in [-0.39, 0.29) is 11.9 Å². The van der Waals surface area contributed by atoms with E-state index in [9.17, 15) is 4.79 Å². The normalized spacial score (nSPS) is 27.9. The average molecular weight is 288 g/mol. The molecule has 0 bridgehead atoms. The third kappa shape index (κ3) is 3.76. The van der Waals surface area contributed by atoms with E-state index in [1.165, 1.54) is 25.7 Å². The van der Waals surface area contributed by atoms with Crippen molar-refractivity contribution in [1.29, 1.82) is 0 Å². The lowest BCUT2D eigenvalue weighted by Crippen LogP contribution is -2.44. The molecule has 1 saturated heterocycles. The average Bonchev–Trinajstić information content (AvgIpc) is 2.96. The van der Waals surface area contributed by atoms with E-state index in [1.807, 2.05) is 30.3 Å². The maximum Gasteiger partial charge on any atom is 0.237 e. The van der Waals surface area contributed by atoms with E-state index in [2.05, 4.69) is 10.6 Å². The van der Waals surface area contributed by atoms with Crippen molar-refractivity contribution in [2.45, 2.75) is 44.2 Å². The van der Waals surface area contributed by atoms with E-state index < -0.39 is 0 Å². The Bertz CT molecular complexity index is 449. The van der Waals surface area contributed by atoms with Gasteiger partial charge in [-0.05, 0) is 37.3 Å². The zero-order valence-electron chi connectivity index (χ0n) is 12.4. The summed E-state index contributed by atoms with van der Waals surface area (Å²) >= 11 is 0. The summed E-state index contributed by atoms with van der Waals surface area (Å²) < 4.78 is 5.58. The van der Waals surface area contributed by atoms with E-state index in [1.54, 1.807) is 0 Å². The highest BCUT2D eigenvalue weighted by Crippen LogP contribution is 2.33. The number of ether oxygens (including phenoxy) is 1. The first-order valence-electron chi connectivity index (χ1n) is 8.04. The van der Waals surface area contributed by atoms with Crippen LogP contribution in [0.15, 0.2) is 30.3 Å². The fourth-order valence-corrected chi connectivity index (χ4v) is 3.50. The lowest BCUT2D eigenvalue weighted by Gasteiger charge is -2.24. The summed E-state index contributed by atoms with van der Waals surface area (Å²) in [4.78, 5) is 12.2. The molecular weight excluding hydrogens is 264 g/mol. The second kappa shape index (κ2) is 6.94. The number of nitrogens with one attached hydrogen (secondary N) is 2. The summed E-state index contributed by atoms with van der Waals surface area (Å²) in [6.45, 7) is 1.07. The number of benzene rings is 1. The molecule has 2 aliphatic rings. The van der Waals surface area contributed by atoms with Crippen molar-refractivity contribution in [3.05, 3.63) is 30.3 Å². The Kier molecular flexibility index (Phi) is 4.76. The van der Waals surface area contributed by atoms with Gasteiger partial charge in [0.2, 0.25) is 5.91 Å². The van der Waals surface area contributed by atoms with Crippen LogP contribution in [0.5, 0.6) is 5.75 Å². The zero-order valence-corrected chi connectivity index (χ0v) is 12.4. The van der Waals surface area contributed by atoms with Gasteiger partial charge in [0.25, 0.3) is 0 Å². The molecule has 3 unspecified atom stereocenters. The van der Waals surface area contributed by atoms with Gasteiger partial charge in [0.05, 0.1) is 12.6 Å². The van der Waals surface area contributed by atoms with Crippen LogP contribution in [0.25, 0.3) is 0 Å². The van der Waals surface area contributed by atoms with Crippen molar-refractivity contribution in [2.24, 2.45) is 5.92 Å². The summed E-state index contributed by atoms with van der Waals surface area (Å²) in [5.41, 5.74) is 0. The molecule has 4 heteroatoms. The number of carbonyl (C=O) groups excluding carboxylic acids is 1. The van der Waals surface area contributed by atoms with E-state index in [4.69, 9.17) is 4.74 Å². The highest BCUT2D eigenvalue weighted by Gasteiger charge is 2.37. The first kappa shape index (κ1) is 14.4. The molecule has 0 spiro atoms. The van der Waals surface area contributed by atoms with Crippen molar-refractivity contribution < 1.29 is 9.53 Å². The molecule has 114 valence electrons. The Hall–Kier alpha value is -1.55. The minimum Gasteiger partial charge on any atom is -0.492 e. The van der Waals surface area contributed by atoms with Gasteiger partial charge in [-0.1, -0.05) is 31.0 Å². The van der Waals surface area contributed by atoms with Crippen molar-refractivity contribution in [1.82, 2.24) is 10.6 Å². The highest BCUT2D eigenvalue weighted by molar-refractivity contribution is 5.82. The third-order valence-corrected chi connectivity index (χ3v) is 4.59. The minimum absolute atomic E-state index is 0.00479. The van der Waals surface area contributed by atoms with Crippen molar-refractivity contribution in [2.75, 3.05) is 13.2 Å². The second-order valence-corrected chi connectivity index (χ2v) is 6.06. The summed E-state index contributed by atoms with van der Waals surface area (Å²) in [6, 6.07) is 10.2. The molecule has 1 heterocycles. The van der Waals surface area contributed by atoms with E-state index in [0.717, 1.165) is 12.2 Å². The summed E-state index contributed by atoms with van der Waals surface area (Å²) in [5.74, 6) is 1.67. The number of carbonyl (C=O) groups is 1. The predicted octanol–water partition coefficient (Wildman–Crippen LogP) is 2.10. The van der Waals surface area contributed by atoms with E-state index in [0.29, 0.717) is 25.1 Å². The van der Waals surface area contributed by atoms with Gasteiger partial charge in [-0.15, -0.1) is 0 Å². The Labute approximate surface area is 126 Å². The Morgan fingerprint density at radius 1 is 1.24 bits per heavy atom. The lowest BCUT2D eigenvalue weighted by atomic mass is 9.85. The van der Waals surface area contributed by atoms with Crippen LogP contribution in [0.2, 0.25) is 0 Å². The number of hydrogen-bond donors (Lipinski definition) is 2. The SMILES string of the molecule is O=C(NCCOc1ccccc1)C1CC2CCCCC2N1. The molecular formula is C17H24N2O2. The molecule has 3 rings (SSSR count). The molecule has 1 aliphatic carbocycles. The first-order valence-corrected chi connectivity index (χ1v) is 8.04. The fourth-order valence-electron chi connectivity index (χ4n) is 3.50. The number of fused-ring (bicyclic) bond motifs is 1. The Morgan fingerprint density at radius 2 is 2.05 bits per heavy atom. The van der Waals surface area contributed by atoms with Crippen LogP contribution < -0.4 is 15.4 Å². The maximum absolute atomic E-state index is 12.2. The molecule has 21 heavy (non-hydrogen) atoms. The molecule has 0 aromatic heterocycles. The second-order valence-electron chi connectivity index (χ2n) is 6.06. The van der Waals surface area contributed by atoms with Crippen LogP contribution in [0.3, 0.4) is 0 Å². The third-order valence-electron chi connectivity index (χ3n) is 4.59. The first-order chi connectivity index (χ1) is 10.3. The topological polar surface area (TPSA) is 50.4 Å². The molecule has 1 aromatic carbocycles. The standard InChI is InChI=1S/C17H24N2O2/c20-17(16-12-13-6-4-5-9-15(13)19-16)18-10-11-21-14-7-2-1-3-8-14/h1-3,7-8,13,15-16,19H,4-6,9-12H2,(H,18,20). The van der Waals surface area contributed by atoms with Crippen LogP contribution in [0, 0.1) is 5.92 Å². The van der Waals surface area contributed by atoms with Gasteiger partial charge in [-0.2, -0.15) is 0 Å². The molecule has 2 N–H and O–H groups in total. The Morgan fingerprint density at radius 3 is 2.86 bits per heavy atom. The lowest BCUT2D eigenvalue weighted by molar-refractivity contribution is -0.123. The molecule has 4 nitrogen and oxygen atoms in total. The van der Waals surface area contributed by atoms with Crippen LogP contribution in [-0.2, 0) is 4.79 Å². The number of para-hydroxylation sites is 1. The van der Waals surface area contributed by atoms with Crippen LogP contribution in [0.4, 0.5) is 0 Å². The van der Waals surface area contributed by atoms with Crippen LogP contribution >= 0.6 is 0 Å². The van der Waals surface area contributed by atoms with Gasteiger partial charge in [0, 0.05) is 6.04 Å². The molecule has 1 aromatic rings. The summed E-state index contributed by atoms with van der Waals surface area (Å²) in [7, 11) is 0. The predicted molar refractivity (Wildman–Crippen MR) is 82.2 cm³/mol. The number of rotatable bonds is 5. The highest BCUT2D eigenvalue weighted by atomic mass is 16.5. The number of hydrogen-bond acceptors (Lipinski definition) is 3. The van der Waals surface area contributed by atoms with Gasteiger partial charge in [0.15, 0.2) is 0 Å². The van der Waals surface area contributed by atoms with Gasteiger partial charge in [-0.25, -0.2) is 0 Å². The van der Waals surface area contributed by atoms with Gasteiger partial charge < -0.3 is 15.4 Å².